The minimum absolute atomic E-state index is 0.299. The van der Waals surface area contributed by atoms with Gasteiger partial charge in [0.05, 0.1) is 0 Å². The van der Waals surface area contributed by atoms with Crippen molar-refractivity contribution in [1.29, 1.82) is 0 Å². The van der Waals surface area contributed by atoms with Crippen LogP contribution in [-0.4, -0.2) is 25.0 Å². The Balaban J connectivity index is 1.37. The van der Waals surface area contributed by atoms with Crippen molar-refractivity contribution >= 4 is 5.91 Å². The van der Waals surface area contributed by atoms with Gasteiger partial charge in [0, 0.05) is 12.5 Å². The summed E-state index contributed by atoms with van der Waals surface area (Å²) in [6.45, 7) is 2.11. The molecule has 3 aliphatic rings. The van der Waals surface area contributed by atoms with Gasteiger partial charge >= 0.3 is 0 Å². The van der Waals surface area contributed by atoms with Crippen LogP contribution >= 0.6 is 0 Å². The Bertz CT molecular complexity index is 313. The normalized spacial score (nSPS) is 34.7. The maximum absolute atomic E-state index is 12.1. The minimum Gasteiger partial charge on any atom is -0.353 e. The molecule has 20 heavy (non-hydrogen) atoms. The van der Waals surface area contributed by atoms with Gasteiger partial charge in [-0.2, -0.15) is 0 Å². The molecule has 0 radical (unpaired) electrons. The first-order chi connectivity index (χ1) is 9.79. The summed E-state index contributed by atoms with van der Waals surface area (Å²) < 4.78 is 0. The minimum atomic E-state index is 0.299. The lowest BCUT2D eigenvalue weighted by Gasteiger charge is -2.39. The fourth-order valence-corrected chi connectivity index (χ4v) is 4.71. The predicted molar refractivity (Wildman–Crippen MR) is 81.4 cm³/mol. The summed E-state index contributed by atoms with van der Waals surface area (Å²) in [5.74, 6) is 3.10. The zero-order valence-electron chi connectivity index (χ0n) is 12.7. The molecule has 3 heteroatoms. The molecule has 2 N–H and O–H groups in total. The second-order valence-electron chi connectivity index (χ2n) is 7.37. The van der Waals surface area contributed by atoms with Crippen molar-refractivity contribution in [3.05, 3.63) is 0 Å². The molecule has 2 unspecified atom stereocenters. The van der Waals surface area contributed by atoms with Crippen molar-refractivity contribution in [3.8, 4) is 0 Å². The summed E-state index contributed by atoms with van der Waals surface area (Å²) in [5.41, 5.74) is 0. The number of amides is 1. The van der Waals surface area contributed by atoms with Crippen molar-refractivity contribution < 1.29 is 4.79 Å². The number of hydrogen-bond donors (Lipinski definition) is 2. The first kappa shape index (κ1) is 14.4. The van der Waals surface area contributed by atoms with Crippen LogP contribution in [-0.2, 0) is 4.79 Å². The van der Waals surface area contributed by atoms with Crippen LogP contribution in [0, 0.1) is 17.8 Å². The van der Waals surface area contributed by atoms with Crippen LogP contribution in [0.2, 0.25) is 0 Å². The Hall–Kier alpha value is -0.570. The highest BCUT2D eigenvalue weighted by Crippen LogP contribution is 2.43. The number of carbonyl (C=O) groups excluding carboxylic acids is 1. The van der Waals surface area contributed by atoms with Gasteiger partial charge in [0.1, 0.15) is 0 Å². The van der Waals surface area contributed by atoms with Gasteiger partial charge in [-0.1, -0.05) is 19.3 Å². The van der Waals surface area contributed by atoms with E-state index in [0.717, 1.165) is 56.5 Å². The van der Waals surface area contributed by atoms with E-state index >= 15 is 0 Å². The average Bonchev–Trinajstić information content (AvgIpc) is 2.46. The molecule has 114 valence electrons. The summed E-state index contributed by atoms with van der Waals surface area (Å²) in [5, 5.41) is 6.57. The highest BCUT2D eigenvalue weighted by molar-refractivity contribution is 5.76. The maximum atomic E-state index is 12.1. The summed E-state index contributed by atoms with van der Waals surface area (Å²) in [6.07, 6.45) is 12.7. The van der Waals surface area contributed by atoms with Gasteiger partial charge in [-0.25, -0.2) is 0 Å². The molecule has 0 aromatic rings. The van der Waals surface area contributed by atoms with E-state index < -0.39 is 0 Å². The predicted octanol–water partition coefficient (Wildman–Crippen LogP) is 2.85. The van der Waals surface area contributed by atoms with Gasteiger partial charge in [-0.05, 0) is 69.4 Å². The summed E-state index contributed by atoms with van der Waals surface area (Å²) >= 11 is 0. The van der Waals surface area contributed by atoms with Gasteiger partial charge in [0.2, 0.25) is 5.91 Å². The summed E-state index contributed by atoms with van der Waals surface area (Å²) in [7, 11) is 0. The van der Waals surface area contributed by atoms with E-state index in [1.165, 1.54) is 38.5 Å². The molecule has 3 rings (SSSR count). The molecule has 0 aromatic carbocycles. The number of hydrogen-bond acceptors (Lipinski definition) is 2. The van der Waals surface area contributed by atoms with Crippen molar-refractivity contribution in [2.75, 3.05) is 13.1 Å². The molecule has 1 saturated heterocycles. The lowest BCUT2D eigenvalue weighted by atomic mass is 9.67. The Morgan fingerprint density at radius 3 is 2.40 bits per heavy atom. The number of rotatable bonds is 4. The lowest BCUT2D eigenvalue weighted by Crippen LogP contribution is -2.42. The fourth-order valence-electron chi connectivity index (χ4n) is 4.71. The first-order valence-electron chi connectivity index (χ1n) is 8.79. The summed E-state index contributed by atoms with van der Waals surface area (Å²) in [6, 6.07) is 0.425. The van der Waals surface area contributed by atoms with Crippen molar-refractivity contribution in [2.24, 2.45) is 17.8 Å². The van der Waals surface area contributed by atoms with Gasteiger partial charge in [0.25, 0.3) is 0 Å². The lowest BCUT2D eigenvalue weighted by molar-refractivity contribution is -0.122. The highest BCUT2D eigenvalue weighted by Gasteiger charge is 2.31. The Labute approximate surface area is 123 Å². The van der Waals surface area contributed by atoms with Crippen LogP contribution in [0.1, 0.15) is 64.2 Å². The average molecular weight is 278 g/mol. The molecule has 3 nitrogen and oxygen atoms in total. The maximum Gasteiger partial charge on any atom is 0.220 e. The number of nitrogens with one attached hydrogen (secondary N) is 2. The first-order valence-corrected chi connectivity index (χ1v) is 8.79. The third-order valence-electron chi connectivity index (χ3n) is 5.71. The molecule has 0 aromatic heterocycles. The van der Waals surface area contributed by atoms with Gasteiger partial charge in [-0.15, -0.1) is 0 Å². The van der Waals surface area contributed by atoms with Crippen molar-refractivity contribution in [3.63, 3.8) is 0 Å². The standard InChI is InChI=1S/C17H30N2O/c20-17(19-16-6-8-18-9-7-16)5-4-15-11-13-2-1-3-14(10-13)12-15/h13-16,18H,1-12H2,(H,19,20). The van der Waals surface area contributed by atoms with E-state index in [1.807, 2.05) is 0 Å². The van der Waals surface area contributed by atoms with Crippen LogP contribution in [0.15, 0.2) is 0 Å². The number of piperidine rings is 1. The van der Waals surface area contributed by atoms with Crippen LogP contribution in [0.25, 0.3) is 0 Å². The van der Waals surface area contributed by atoms with Crippen LogP contribution < -0.4 is 10.6 Å². The Kier molecular flexibility index (Phi) is 4.98. The quantitative estimate of drug-likeness (QED) is 0.830. The van der Waals surface area contributed by atoms with Crippen molar-refractivity contribution in [1.82, 2.24) is 10.6 Å². The van der Waals surface area contributed by atoms with Gasteiger partial charge < -0.3 is 10.6 Å². The van der Waals surface area contributed by atoms with E-state index in [0.29, 0.717) is 11.9 Å². The summed E-state index contributed by atoms with van der Waals surface area (Å²) in [4.78, 5) is 12.1. The molecule has 1 aliphatic heterocycles. The highest BCUT2D eigenvalue weighted by atomic mass is 16.1. The smallest absolute Gasteiger partial charge is 0.220 e. The third kappa shape index (κ3) is 3.97. The van der Waals surface area contributed by atoms with E-state index in [1.54, 1.807) is 0 Å². The topological polar surface area (TPSA) is 41.1 Å². The van der Waals surface area contributed by atoms with Crippen LogP contribution in [0.5, 0.6) is 0 Å². The van der Waals surface area contributed by atoms with E-state index in [-0.39, 0.29) is 0 Å². The van der Waals surface area contributed by atoms with E-state index in [9.17, 15) is 4.79 Å². The van der Waals surface area contributed by atoms with Gasteiger partial charge in [0.15, 0.2) is 0 Å². The monoisotopic (exact) mass is 278 g/mol. The Morgan fingerprint density at radius 1 is 1.00 bits per heavy atom. The molecule has 3 fully saturated rings. The third-order valence-corrected chi connectivity index (χ3v) is 5.71. The second kappa shape index (κ2) is 6.93. The molecule has 2 bridgehead atoms. The van der Waals surface area contributed by atoms with Crippen molar-refractivity contribution in [2.45, 2.75) is 70.3 Å². The Morgan fingerprint density at radius 2 is 1.70 bits per heavy atom. The second-order valence-corrected chi connectivity index (χ2v) is 7.37. The van der Waals surface area contributed by atoms with Crippen LogP contribution in [0.4, 0.5) is 0 Å². The SMILES string of the molecule is O=C(CCC1CC2CCCC(C2)C1)NC1CCNCC1. The molecular formula is C17H30N2O. The largest absolute Gasteiger partial charge is 0.353 e. The molecule has 1 heterocycles. The van der Waals surface area contributed by atoms with E-state index in [2.05, 4.69) is 10.6 Å². The number of carbonyl (C=O) groups is 1. The molecule has 2 aliphatic carbocycles. The molecular weight excluding hydrogens is 248 g/mol. The molecule has 1 amide bonds. The van der Waals surface area contributed by atoms with Gasteiger partial charge in [-0.3, -0.25) is 4.79 Å². The zero-order valence-corrected chi connectivity index (χ0v) is 12.7. The zero-order chi connectivity index (χ0) is 13.8. The molecule has 2 saturated carbocycles. The fraction of sp³-hybridized carbons (Fsp3) is 0.941. The molecule has 0 spiro atoms. The van der Waals surface area contributed by atoms with Crippen LogP contribution in [0.3, 0.4) is 0 Å². The van der Waals surface area contributed by atoms with E-state index in [4.69, 9.17) is 0 Å². The number of fused-ring (bicyclic) bond motifs is 2. The molecule has 2 atom stereocenters.